The zero-order valence-electron chi connectivity index (χ0n) is 18.1. The first kappa shape index (κ1) is 21.6. The Balaban J connectivity index is 1.66. The summed E-state index contributed by atoms with van der Waals surface area (Å²) in [5.74, 6) is 0.649. The Bertz CT molecular complexity index is 1470. The molecule has 2 heterocycles. The van der Waals surface area contributed by atoms with Gasteiger partial charge >= 0.3 is 0 Å². The summed E-state index contributed by atoms with van der Waals surface area (Å²) in [6, 6.07) is 25.8. The molecule has 0 unspecified atom stereocenters. The lowest BCUT2D eigenvalue weighted by Crippen LogP contribution is -2.22. The minimum atomic E-state index is -0.111. The standard InChI is InChI=1S/C27H22ClN3OS/c1-2-18-11-13-22(14-12-18)31-26(32)25-24(23(16-29-25)20-8-4-3-5-9-20)30-27(31)33-17-19-7-6-10-21(28)15-19/h3-16,29H,2,17H2,1H3. The average molecular weight is 472 g/mol. The number of rotatable bonds is 6. The van der Waals surface area contributed by atoms with Crippen LogP contribution in [0.1, 0.15) is 18.1 Å². The summed E-state index contributed by atoms with van der Waals surface area (Å²) < 4.78 is 1.70. The second-order valence-electron chi connectivity index (χ2n) is 7.77. The smallest absolute Gasteiger partial charge is 0.283 e. The van der Waals surface area contributed by atoms with Crippen LogP contribution in [0.25, 0.3) is 27.8 Å². The van der Waals surface area contributed by atoms with E-state index in [2.05, 4.69) is 24.0 Å². The molecule has 0 bridgehead atoms. The van der Waals surface area contributed by atoms with Gasteiger partial charge in [0.15, 0.2) is 5.16 Å². The van der Waals surface area contributed by atoms with Crippen molar-refractivity contribution in [1.29, 1.82) is 0 Å². The number of aryl methyl sites for hydroxylation is 1. The molecule has 6 heteroatoms. The number of nitrogens with one attached hydrogen (secondary N) is 1. The third kappa shape index (κ3) is 4.34. The molecule has 0 saturated heterocycles. The molecule has 5 aromatic rings. The third-order valence-corrected chi connectivity index (χ3v) is 6.86. The quantitative estimate of drug-likeness (QED) is 0.217. The largest absolute Gasteiger partial charge is 0.355 e. The fourth-order valence-corrected chi connectivity index (χ4v) is 5.02. The minimum Gasteiger partial charge on any atom is -0.355 e. The zero-order chi connectivity index (χ0) is 22.8. The predicted molar refractivity (Wildman–Crippen MR) is 138 cm³/mol. The highest BCUT2D eigenvalue weighted by Gasteiger charge is 2.18. The Labute approximate surface area is 201 Å². The van der Waals surface area contributed by atoms with Crippen molar-refractivity contribution in [2.45, 2.75) is 24.3 Å². The number of H-pyrrole nitrogens is 1. The molecule has 0 amide bonds. The van der Waals surface area contributed by atoms with E-state index in [-0.39, 0.29) is 5.56 Å². The molecule has 0 saturated carbocycles. The van der Waals surface area contributed by atoms with E-state index in [0.29, 0.717) is 27.0 Å². The summed E-state index contributed by atoms with van der Waals surface area (Å²) in [6.07, 6.45) is 2.81. The first-order valence-corrected chi connectivity index (χ1v) is 12.2. The molecule has 0 radical (unpaired) electrons. The lowest BCUT2D eigenvalue weighted by molar-refractivity contribution is 0.817. The number of thioether (sulfide) groups is 1. The summed E-state index contributed by atoms with van der Waals surface area (Å²) in [6.45, 7) is 2.12. The van der Waals surface area contributed by atoms with Crippen LogP contribution in [0.4, 0.5) is 0 Å². The van der Waals surface area contributed by atoms with Gasteiger partial charge in [0.1, 0.15) is 11.0 Å². The normalized spacial score (nSPS) is 11.2. The van der Waals surface area contributed by atoms with Gasteiger partial charge in [0, 0.05) is 22.5 Å². The van der Waals surface area contributed by atoms with Crippen LogP contribution < -0.4 is 5.56 Å². The molecule has 0 aliphatic carbocycles. The number of benzene rings is 3. The fourth-order valence-electron chi connectivity index (χ4n) is 3.86. The summed E-state index contributed by atoms with van der Waals surface area (Å²) in [5, 5.41) is 1.34. The molecule has 5 rings (SSSR count). The van der Waals surface area contributed by atoms with E-state index in [4.69, 9.17) is 16.6 Å². The summed E-state index contributed by atoms with van der Waals surface area (Å²) in [5.41, 5.74) is 6.11. The number of aromatic amines is 1. The number of nitrogens with zero attached hydrogens (tertiary/aromatic N) is 2. The first-order chi connectivity index (χ1) is 16.1. The van der Waals surface area contributed by atoms with E-state index in [9.17, 15) is 4.79 Å². The minimum absolute atomic E-state index is 0.111. The van der Waals surface area contributed by atoms with Crippen molar-refractivity contribution >= 4 is 34.4 Å². The number of halogens is 1. The molecular weight excluding hydrogens is 450 g/mol. The van der Waals surface area contributed by atoms with E-state index in [1.165, 1.54) is 17.3 Å². The van der Waals surface area contributed by atoms with E-state index in [1.54, 1.807) is 4.57 Å². The summed E-state index contributed by atoms with van der Waals surface area (Å²) >= 11 is 7.70. The topological polar surface area (TPSA) is 50.7 Å². The van der Waals surface area contributed by atoms with Crippen molar-refractivity contribution in [2.75, 3.05) is 0 Å². The van der Waals surface area contributed by atoms with Crippen LogP contribution in [0.3, 0.4) is 0 Å². The number of hydrogen-bond donors (Lipinski definition) is 1. The molecule has 0 spiro atoms. The van der Waals surface area contributed by atoms with Crippen LogP contribution in [0.2, 0.25) is 5.02 Å². The molecular formula is C27H22ClN3OS. The van der Waals surface area contributed by atoms with Crippen LogP contribution in [0.5, 0.6) is 0 Å². The van der Waals surface area contributed by atoms with Gasteiger partial charge in [-0.25, -0.2) is 4.98 Å². The van der Waals surface area contributed by atoms with Crippen molar-refractivity contribution in [2.24, 2.45) is 0 Å². The molecule has 3 aromatic carbocycles. The van der Waals surface area contributed by atoms with E-state index >= 15 is 0 Å². The maximum absolute atomic E-state index is 13.7. The molecule has 2 aromatic heterocycles. The van der Waals surface area contributed by atoms with Gasteiger partial charge in [-0.15, -0.1) is 0 Å². The van der Waals surface area contributed by atoms with Crippen molar-refractivity contribution < 1.29 is 0 Å². The third-order valence-electron chi connectivity index (χ3n) is 5.61. The second-order valence-corrected chi connectivity index (χ2v) is 9.14. The monoisotopic (exact) mass is 471 g/mol. The Hall–Kier alpha value is -3.28. The van der Waals surface area contributed by atoms with Gasteiger partial charge in [0.25, 0.3) is 5.56 Å². The Morgan fingerprint density at radius 3 is 2.48 bits per heavy atom. The highest BCUT2D eigenvalue weighted by Crippen LogP contribution is 2.30. The lowest BCUT2D eigenvalue weighted by Gasteiger charge is -2.13. The molecule has 0 fully saturated rings. The molecule has 33 heavy (non-hydrogen) atoms. The summed E-state index contributed by atoms with van der Waals surface area (Å²) in [7, 11) is 0. The lowest BCUT2D eigenvalue weighted by atomic mass is 10.1. The van der Waals surface area contributed by atoms with Crippen molar-refractivity contribution in [3.8, 4) is 16.8 Å². The van der Waals surface area contributed by atoms with Gasteiger partial charge in [0.2, 0.25) is 0 Å². The van der Waals surface area contributed by atoms with Gasteiger partial charge in [0.05, 0.1) is 5.69 Å². The Morgan fingerprint density at radius 2 is 1.76 bits per heavy atom. The number of fused-ring (bicyclic) bond motifs is 1. The van der Waals surface area contributed by atoms with E-state index < -0.39 is 0 Å². The SMILES string of the molecule is CCc1ccc(-n2c(SCc3cccc(Cl)c3)nc3c(-c4ccccc4)c[nH]c3c2=O)cc1. The molecule has 4 nitrogen and oxygen atoms in total. The van der Waals surface area contributed by atoms with Gasteiger partial charge in [-0.2, -0.15) is 0 Å². The Kier molecular flexibility index (Phi) is 6.07. The van der Waals surface area contributed by atoms with Gasteiger partial charge < -0.3 is 4.98 Å². The maximum Gasteiger partial charge on any atom is 0.283 e. The van der Waals surface area contributed by atoms with E-state index in [0.717, 1.165) is 28.8 Å². The number of aromatic nitrogens is 3. The molecule has 164 valence electrons. The Morgan fingerprint density at radius 1 is 0.970 bits per heavy atom. The zero-order valence-corrected chi connectivity index (χ0v) is 19.7. The van der Waals surface area contributed by atoms with Gasteiger partial charge in [-0.05, 0) is 47.4 Å². The van der Waals surface area contributed by atoms with Crippen molar-refractivity contribution in [1.82, 2.24) is 14.5 Å². The fraction of sp³-hybridized carbons (Fsp3) is 0.111. The average Bonchev–Trinajstić information content (AvgIpc) is 3.28. The van der Waals surface area contributed by atoms with Crippen molar-refractivity contribution in [3.63, 3.8) is 0 Å². The van der Waals surface area contributed by atoms with Crippen molar-refractivity contribution in [3.05, 3.63) is 112 Å². The van der Waals surface area contributed by atoms with Crippen LogP contribution in [0.15, 0.2) is 95.0 Å². The summed E-state index contributed by atoms with van der Waals surface area (Å²) in [4.78, 5) is 21.8. The highest BCUT2D eigenvalue weighted by molar-refractivity contribution is 7.98. The second kappa shape index (κ2) is 9.30. The highest BCUT2D eigenvalue weighted by atomic mass is 35.5. The maximum atomic E-state index is 13.7. The van der Waals surface area contributed by atoms with Crippen LogP contribution in [-0.2, 0) is 12.2 Å². The van der Waals surface area contributed by atoms with Gasteiger partial charge in [-0.3, -0.25) is 9.36 Å². The van der Waals surface area contributed by atoms with E-state index in [1.807, 2.05) is 72.9 Å². The molecule has 0 aliphatic rings. The predicted octanol–water partition coefficient (Wildman–Crippen LogP) is 6.89. The molecule has 1 N–H and O–H groups in total. The van der Waals surface area contributed by atoms with Crippen LogP contribution in [-0.4, -0.2) is 14.5 Å². The van der Waals surface area contributed by atoms with Crippen LogP contribution in [0, 0.1) is 0 Å². The van der Waals surface area contributed by atoms with Gasteiger partial charge in [-0.1, -0.05) is 84.9 Å². The molecule has 0 aliphatic heterocycles. The molecule has 0 atom stereocenters. The van der Waals surface area contributed by atoms with Crippen LogP contribution >= 0.6 is 23.4 Å². The first-order valence-electron chi connectivity index (χ1n) is 10.8. The number of hydrogen-bond acceptors (Lipinski definition) is 3.